The number of hydrogen-bond acceptors (Lipinski definition) is 4. The predicted molar refractivity (Wildman–Crippen MR) is 87.5 cm³/mol. The van der Waals surface area contributed by atoms with Crippen molar-refractivity contribution in [3.05, 3.63) is 52.0 Å². The Morgan fingerprint density at radius 2 is 1.91 bits per heavy atom. The minimum atomic E-state index is -1.36. The summed E-state index contributed by atoms with van der Waals surface area (Å²) in [7, 11) is 1.50. The third-order valence-corrected chi connectivity index (χ3v) is 3.63. The normalized spacial score (nSPS) is 11.8. The summed E-state index contributed by atoms with van der Waals surface area (Å²) in [6, 6.07) is 9.51. The first-order valence-electron chi connectivity index (χ1n) is 6.29. The number of halogens is 2. The molecule has 7 heteroatoms. The van der Waals surface area contributed by atoms with E-state index in [-0.39, 0.29) is 15.7 Å². The molecule has 0 radical (unpaired) electrons. The molecule has 4 N–H and O–H groups in total. The van der Waals surface area contributed by atoms with E-state index in [0.29, 0.717) is 17.0 Å². The highest BCUT2D eigenvalue weighted by Crippen LogP contribution is 2.31. The van der Waals surface area contributed by atoms with E-state index in [1.165, 1.54) is 19.2 Å². The van der Waals surface area contributed by atoms with Crippen molar-refractivity contribution in [1.82, 2.24) is 0 Å². The highest BCUT2D eigenvalue weighted by molar-refractivity contribution is 6.39. The van der Waals surface area contributed by atoms with Gasteiger partial charge in [-0.1, -0.05) is 35.3 Å². The molecule has 0 saturated carbocycles. The van der Waals surface area contributed by atoms with Gasteiger partial charge in [0.15, 0.2) is 6.10 Å². The smallest absolute Gasteiger partial charge is 0.257 e. The van der Waals surface area contributed by atoms with Gasteiger partial charge in [0.25, 0.3) is 5.91 Å². The fraction of sp³-hybridized carbons (Fsp3) is 0.133. The van der Waals surface area contributed by atoms with Crippen molar-refractivity contribution in [3.8, 4) is 5.75 Å². The molecule has 1 unspecified atom stereocenters. The van der Waals surface area contributed by atoms with E-state index in [4.69, 9.17) is 33.7 Å². The number of nitrogens with two attached hydrogens (primary N) is 1. The van der Waals surface area contributed by atoms with Gasteiger partial charge in [-0.05, 0) is 29.8 Å². The van der Waals surface area contributed by atoms with Gasteiger partial charge in [0.2, 0.25) is 0 Å². The summed E-state index contributed by atoms with van der Waals surface area (Å²) in [6.45, 7) is 0. The standard InChI is InChI=1S/C15H14Cl2N2O3/c1-22-10-4-2-3-8(5-10)14(20)15(21)19-9-6-11(16)13(18)12(17)7-9/h2-7,14,20H,18H2,1H3,(H,19,21). The molecule has 2 rings (SSSR count). The molecule has 0 aliphatic rings. The second-order valence-corrected chi connectivity index (χ2v) is 5.34. The van der Waals surface area contributed by atoms with Gasteiger partial charge in [0.1, 0.15) is 5.75 Å². The number of carbonyl (C=O) groups excluding carboxylic acids is 1. The quantitative estimate of drug-likeness (QED) is 0.746. The number of ether oxygens (including phenoxy) is 1. The van der Waals surface area contributed by atoms with Crippen LogP contribution >= 0.6 is 23.2 Å². The third-order valence-electron chi connectivity index (χ3n) is 3.00. The van der Waals surface area contributed by atoms with Gasteiger partial charge in [-0.25, -0.2) is 0 Å². The molecular weight excluding hydrogens is 327 g/mol. The average molecular weight is 341 g/mol. The maximum absolute atomic E-state index is 12.1. The Bertz CT molecular complexity index is 684. The van der Waals surface area contributed by atoms with E-state index in [1.54, 1.807) is 24.3 Å². The zero-order valence-electron chi connectivity index (χ0n) is 11.6. The minimum absolute atomic E-state index is 0.221. The van der Waals surface area contributed by atoms with Gasteiger partial charge in [-0.15, -0.1) is 0 Å². The predicted octanol–water partition coefficient (Wildman–Crippen LogP) is 3.26. The number of rotatable bonds is 4. The van der Waals surface area contributed by atoms with Crippen LogP contribution in [0.3, 0.4) is 0 Å². The number of carbonyl (C=O) groups is 1. The Balaban J connectivity index is 2.17. The van der Waals surface area contributed by atoms with Crippen molar-refractivity contribution in [3.63, 3.8) is 0 Å². The largest absolute Gasteiger partial charge is 0.497 e. The highest BCUT2D eigenvalue weighted by atomic mass is 35.5. The molecule has 0 aromatic heterocycles. The molecule has 0 fully saturated rings. The zero-order valence-corrected chi connectivity index (χ0v) is 13.2. The van der Waals surface area contributed by atoms with Crippen LogP contribution in [0.5, 0.6) is 5.75 Å². The number of hydrogen-bond donors (Lipinski definition) is 3. The van der Waals surface area contributed by atoms with Crippen LogP contribution in [0.2, 0.25) is 10.0 Å². The Kier molecular flexibility index (Phi) is 5.13. The first kappa shape index (κ1) is 16.4. The van der Waals surface area contributed by atoms with Gasteiger partial charge in [-0.3, -0.25) is 4.79 Å². The molecule has 116 valence electrons. The van der Waals surface area contributed by atoms with Crippen molar-refractivity contribution in [2.75, 3.05) is 18.2 Å². The van der Waals surface area contributed by atoms with Crippen molar-refractivity contribution in [1.29, 1.82) is 0 Å². The van der Waals surface area contributed by atoms with E-state index >= 15 is 0 Å². The lowest BCUT2D eigenvalue weighted by molar-refractivity contribution is -0.124. The summed E-state index contributed by atoms with van der Waals surface area (Å²) in [6.07, 6.45) is -1.36. The first-order valence-corrected chi connectivity index (χ1v) is 7.05. The number of anilines is 2. The molecule has 0 heterocycles. The number of methoxy groups -OCH3 is 1. The molecule has 0 aliphatic carbocycles. The lowest BCUT2D eigenvalue weighted by Gasteiger charge is -2.13. The number of aliphatic hydroxyl groups is 1. The molecule has 2 aromatic rings. The molecule has 1 atom stereocenters. The molecule has 0 spiro atoms. The lowest BCUT2D eigenvalue weighted by atomic mass is 10.1. The number of benzene rings is 2. The number of nitrogens with one attached hydrogen (secondary N) is 1. The summed E-state index contributed by atoms with van der Waals surface area (Å²) in [5.41, 5.74) is 6.61. The van der Waals surface area contributed by atoms with Crippen molar-refractivity contribution < 1.29 is 14.6 Å². The SMILES string of the molecule is COc1cccc(C(O)C(=O)Nc2cc(Cl)c(N)c(Cl)c2)c1. The Hall–Kier alpha value is -1.95. The fourth-order valence-corrected chi connectivity index (χ4v) is 2.32. The van der Waals surface area contributed by atoms with E-state index < -0.39 is 12.0 Å². The number of amides is 1. The highest BCUT2D eigenvalue weighted by Gasteiger charge is 2.18. The second kappa shape index (κ2) is 6.87. The maximum atomic E-state index is 12.1. The van der Waals surface area contributed by atoms with Crippen molar-refractivity contribution in [2.24, 2.45) is 0 Å². The topological polar surface area (TPSA) is 84.6 Å². The number of aliphatic hydroxyl groups excluding tert-OH is 1. The Morgan fingerprint density at radius 1 is 1.27 bits per heavy atom. The molecule has 5 nitrogen and oxygen atoms in total. The zero-order chi connectivity index (χ0) is 16.3. The maximum Gasteiger partial charge on any atom is 0.257 e. The van der Waals surface area contributed by atoms with Gasteiger partial charge in [0.05, 0.1) is 22.8 Å². The van der Waals surface area contributed by atoms with E-state index in [9.17, 15) is 9.90 Å². The van der Waals surface area contributed by atoms with Crippen LogP contribution in [0.4, 0.5) is 11.4 Å². The van der Waals surface area contributed by atoms with Gasteiger partial charge >= 0.3 is 0 Å². The minimum Gasteiger partial charge on any atom is -0.497 e. The molecular formula is C15H14Cl2N2O3. The van der Waals surface area contributed by atoms with E-state index in [2.05, 4.69) is 5.32 Å². The van der Waals surface area contributed by atoms with Crippen LogP contribution in [0, 0.1) is 0 Å². The monoisotopic (exact) mass is 340 g/mol. The second-order valence-electron chi connectivity index (χ2n) is 4.52. The molecule has 0 bridgehead atoms. The van der Waals surface area contributed by atoms with Gasteiger partial charge in [0, 0.05) is 5.69 Å². The van der Waals surface area contributed by atoms with Crippen LogP contribution in [-0.4, -0.2) is 18.1 Å². The molecule has 2 aromatic carbocycles. The number of nitrogen functional groups attached to an aromatic ring is 1. The Labute approximate surface area is 137 Å². The van der Waals surface area contributed by atoms with Crippen LogP contribution in [0.25, 0.3) is 0 Å². The summed E-state index contributed by atoms with van der Waals surface area (Å²) < 4.78 is 5.06. The van der Waals surface area contributed by atoms with Crippen LogP contribution in [0.15, 0.2) is 36.4 Å². The fourth-order valence-electron chi connectivity index (χ4n) is 1.83. The van der Waals surface area contributed by atoms with Crippen molar-refractivity contribution >= 4 is 40.5 Å². The third kappa shape index (κ3) is 3.62. The molecule has 22 heavy (non-hydrogen) atoms. The molecule has 0 saturated heterocycles. The van der Waals surface area contributed by atoms with Crippen LogP contribution in [-0.2, 0) is 4.79 Å². The first-order chi connectivity index (χ1) is 10.4. The molecule has 0 aliphatic heterocycles. The van der Waals surface area contributed by atoms with E-state index in [0.717, 1.165) is 0 Å². The van der Waals surface area contributed by atoms with Crippen LogP contribution < -0.4 is 15.8 Å². The van der Waals surface area contributed by atoms with Crippen LogP contribution in [0.1, 0.15) is 11.7 Å². The lowest BCUT2D eigenvalue weighted by Crippen LogP contribution is -2.20. The summed E-state index contributed by atoms with van der Waals surface area (Å²) in [5, 5.41) is 13.1. The summed E-state index contributed by atoms with van der Waals surface area (Å²) in [4.78, 5) is 12.1. The Morgan fingerprint density at radius 3 is 2.50 bits per heavy atom. The van der Waals surface area contributed by atoms with Crippen molar-refractivity contribution in [2.45, 2.75) is 6.10 Å². The summed E-state index contributed by atoms with van der Waals surface area (Å²) in [5.74, 6) is -0.0759. The average Bonchev–Trinajstić information content (AvgIpc) is 2.51. The van der Waals surface area contributed by atoms with Gasteiger partial charge < -0.3 is 20.9 Å². The van der Waals surface area contributed by atoms with Gasteiger partial charge in [-0.2, -0.15) is 0 Å². The summed E-state index contributed by atoms with van der Waals surface area (Å²) >= 11 is 11.8. The van der Waals surface area contributed by atoms with E-state index in [1.807, 2.05) is 0 Å². The molecule has 1 amide bonds.